The summed E-state index contributed by atoms with van der Waals surface area (Å²) < 4.78 is 5.56. The van der Waals surface area contributed by atoms with Gasteiger partial charge in [0, 0.05) is 39.8 Å². The van der Waals surface area contributed by atoms with Crippen LogP contribution in [0.1, 0.15) is 37.9 Å². The summed E-state index contributed by atoms with van der Waals surface area (Å²) in [6.45, 7) is 14.7. The Labute approximate surface area is 182 Å². The van der Waals surface area contributed by atoms with Gasteiger partial charge in [0.1, 0.15) is 0 Å². The molecule has 1 heterocycles. The molecule has 1 fully saturated rings. The number of likely N-dealkylation sites (N-methyl/N-ethyl adjacent to an activating group) is 2. The van der Waals surface area contributed by atoms with Gasteiger partial charge in [-0.1, -0.05) is 29.8 Å². The van der Waals surface area contributed by atoms with Crippen LogP contribution < -0.4 is 5.32 Å². The average Bonchev–Trinajstić information content (AvgIpc) is 2.74. The normalized spacial score (nSPS) is 16.2. The fourth-order valence-electron chi connectivity index (χ4n) is 3.79. The zero-order valence-corrected chi connectivity index (χ0v) is 19.4. The first kappa shape index (κ1) is 24.2. The topological polar surface area (TPSA) is 60.4 Å². The Morgan fingerprint density at radius 1 is 1.23 bits per heavy atom. The van der Waals surface area contributed by atoms with E-state index in [-0.39, 0.29) is 11.9 Å². The highest BCUT2D eigenvalue weighted by Gasteiger charge is 2.23. The van der Waals surface area contributed by atoms with Gasteiger partial charge in [-0.05, 0) is 33.3 Å². The minimum Gasteiger partial charge on any atom is -0.379 e. The van der Waals surface area contributed by atoms with Crippen molar-refractivity contribution < 1.29 is 9.53 Å². The molecule has 7 heteroatoms. The van der Waals surface area contributed by atoms with Crippen LogP contribution in [-0.2, 0) is 9.53 Å². The van der Waals surface area contributed by atoms with Crippen LogP contribution in [0.4, 0.5) is 0 Å². The van der Waals surface area contributed by atoms with Crippen molar-refractivity contribution in [3.63, 3.8) is 0 Å². The van der Waals surface area contributed by atoms with Gasteiger partial charge in [0.2, 0.25) is 5.91 Å². The smallest absolute Gasteiger partial charge is 0.242 e. The molecule has 0 spiro atoms. The molecule has 1 saturated heterocycles. The molecule has 0 aromatic heterocycles. The SMILES string of the molecule is CCNC(=NCC(c1cccc(C)c1)N1CCOCC1)N(C)CC(=O)N(CC)CC. The van der Waals surface area contributed by atoms with Crippen LogP contribution >= 0.6 is 0 Å². The summed E-state index contributed by atoms with van der Waals surface area (Å²) in [5.41, 5.74) is 2.53. The number of hydrogen-bond acceptors (Lipinski definition) is 4. The Hall–Kier alpha value is -2.12. The van der Waals surface area contributed by atoms with Crippen LogP contribution in [0.15, 0.2) is 29.3 Å². The first-order valence-corrected chi connectivity index (χ1v) is 11.2. The molecule has 1 aliphatic heterocycles. The lowest BCUT2D eigenvalue weighted by Gasteiger charge is -2.34. The van der Waals surface area contributed by atoms with Crippen molar-refractivity contribution in [3.8, 4) is 0 Å². The lowest BCUT2D eigenvalue weighted by atomic mass is 10.0. The summed E-state index contributed by atoms with van der Waals surface area (Å²) in [7, 11) is 1.93. The molecule has 1 unspecified atom stereocenters. The highest BCUT2D eigenvalue weighted by atomic mass is 16.5. The van der Waals surface area contributed by atoms with E-state index in [2.05, 4.69) is 48.3 Å². The highest BCUT2D eigenvalue weighted by Crippen LogP contribution is 2.23. The van der Waals surface area contributed by atoms with Gasteiger partial charge in [0.15, 0.2) is 5.96 Å². The zero-order valence-electron chi connectivity index (χ0n) is 19.4. The number of guanidine groups is 1. The Kier molecular flexibility index (Phi) is 10.1. The van der Waals surface area contributed by atoms with E-state index in [1.54, 1.807) is 0 Å². The molecular formula is C23H39N5O2. The molecule has 30 heavy (non-hydrogen) atoms. The van der Waals surface area contributed by atoms with Crippen molar-refractivity contribution in [2.24, 2.45) is 4.99 Å². The number of nitrogens with zero attached hydrogens (tertiary/aromatic N) is 4. The monoisotopic (exact) mass is 417 g/mol. The molecular weight excluding hydrogens is 378 g/mol. The highest BCUT2D eigenvalue weighted by molar-refractivity contribution is 5.86. The lowest BCUT2D eigenvalue weighted by Crippen LogP contribution is -2.46. The average molecular weight is 418 g/mol. The van der Waals surface area contributed by atoms with Crippen LogP contribution in [-0.4, -0.2) is 92.6 Å². The maximum absolute atomic E-state index is 12.5. The van der Waals surface area contributed by atoms with E-state index in [0.717, 1.165) is 51.9 Å². The minimum absolute atomic E-state index is 0.122. The number of hydrogen-bond donors (Lipinski definition) is 1. The second-order valence-corrected chi connectivity index (χ2v) is 7.69. The molecule has 0 aliphatic carbocycles. The number of morpholine rings is 1. The predicted octanol–water partition coefficient (Wildman–Crippen LogP) is 2.13. The third-order valence-electron chi connectivity index (χ3n) is 5.51. The van der Waals surface area contributed by atoms with Gasteiger partial charge in [-0.25, -0.2) is 0 Å². The van der Waals surface area contributed by atoms with Gasteiger partial charge in [0.25, 0.3) is 0 Å². The third-order valence-corrected chi connectivity index (χ3v) is 5.51. The Balaban J connectivity index is 2.18. The predicted molar refractivity (Wildman–Crippen MR) is 123 cm³/mol. The van der Waals surface area contributed by atoms with Gasteiger partial charge in [-0.2, -0.15) is 0 Å². The largest absolute Gasteiger partial charge is 0.379 e. The summed E-state index contributed by atoms with van der Waals surface area (Å²) in [5, 5.41) is 3.35. The Morgan fingerprint density at radius 2 is 1.93 bits per heavy atom. The van der Waals surface area contributed by atoms with Crippen LogP contribution in [0.25, 0.3) is 0 Å². The number of aliphatic imine (C=N–C) groups is 1. The van der Waals surface area contributed by atoms with Gasteiger partial charge in [-0.15, -0.1) is 0 Å². The van der Waals surface area contributed by atoms with Crippen molar-refractivity contribution in [2.75, 3.05) is 66.1 Å². The summed E-state index contributed by atoms with van der Waals surface area (Å²) in [5.74, 6) is 0.889. The summed E-state index contributed by atoms with van der Waals surface area (Å²) >= 11 is 0. The van der Waals surface area contributed by atoms with Gasteiger partial charge in [-0.3, -0.25) is 14.7 Å². The molecule has 168 valence electrons. The minimum atomic E-state index is 0.122. The third kappa shape index (κ3) is 6.99. The summed E-state index contributed by atoms with van der Waals surface area (Å²) in [4.78, 5) is 23.7. The zero-order chi connectivity index (χ0) is 21.9. The number of carbonyl (C=O) groups is 1. The van der Waals surface area contributed by atoms with E-state index in [4.69, 9.17) is 9.73 Å². The standard InChI is InChI=1S/C23H39N5O2/c1-6-24-23(26(5)18-22(29)27(7-2)8-3)25-17-21(28-12-14-30-15-13-28)20-11-9-10-19(4)16-20/h9-11,16,21H,6-8,12-15,17-18H2,1-5H3,(H,24,25). The number of aryl methyl sites for hydroxylation is 1. The van der Waals surface area contributed by atoms with Crippen LogP contribution in [0.2, 0.25) is 0 Å². The van der Waals surface area contributed by atoms with E-state index in [9.17, 15) is 4.79 Å². The first-order valence-electron chi connectivity index (χ1n) is 11.2. The van der Waals surface area contributed by atoms with Gasteiger partial charge in [0.05, 0.1) is 32.3 Å². The number of nitrogens with one attached hydrogen (secondary N) is 1. The maximum atomic E-state index is 12.5. The van der Waals surface area contributed by atoms with Crippen LogP contribution in [0, 0.1) is 6.92 Å². The van der Waals surface area contributed by atoms with Gasteiger partial charge >= 0.3 is 0 Å². The number of ether oxygens (including phenoxy) is 1. The molecule has 0 saturated carbocycles. The molecule has 1 aliphatic rings. The van der Waals surface area contributed by atoms with Crippen molar-refractivity contribution in [3.05, 3.63) is 35.4 Å². The quantitative estimate of drug-likeness (QED) is 0.493. The Bertz CT molecular complexity index is 684. The van der Waals surface area contributed by atoms with Crippen molar-refractivity contribution in [1.82, 2.24) is 20.0 Å². The summed E-state index contributed by atoms with van der Waals surface area (Å²) in [6.07, 6.45) is 0. The molecule has 0 bridgehead atoms. The number of benzene rings is 1. The number of carbonyl (C=O) groups excluding carboxylic acids is 1. The molecule has 1 amide bonds. The van der Waals surface area contributed by atoms with Gasteiger partial charge < -0.3 is 19.9 Å². The van der Waals surface area contributed by atoms with Crippen LogP contribution in [0.3, 0.4) is 0 Å². The van der Waals surface area contributed by atoms with E-state index in [1.807, 2.05) is 30.7 Å². The Morgan fingerprint density at radius 3 is 2.53 bits per heavy atom. The molecule has 0 radical (unpaired) electrons. The number of rotatable bonds is 9. The fourth-order valence-corrected chi connectivity index (χ4v) is 3.79. The summed E-state index contributed by atoms with van der Waals surface area (Å²) in [6, 6.07) is 8.86. The maximum Gasteiger partial charge on any atom is 0.242 e. The van der Waals surface area contributed by atoms with E-state index in [0.29, 0.717) is 13.1 Å². The molecule has 1 aromatic rings. The second-order valence-electron chi connectivity index (χ2n) is 7.69. The molecule has 1 atom stereocenters. The van der Waals surface area contributed by atoms with Crippen molar-refractivity contribution in [1.29, 1.82) is 0 Å². The van der Waals surface area contributed by atoms with E-state index < -0.39 is 0 Å². The fraction of sp³-hybridized carbons (Fsp3) is 0.652. The van der Waals surface area contributed by atoms with Crippen molar-refractivity contribution >= 4 is 11.9 Å². The van der Waals surface area contributed by atoms with E-state index in [1.165, 1.54) is 11.1 Å². The first-order chi connectivity index (χ1) is 14.5. The van der Waals surface area contributed by atoms with E-state index >= 15 is 0 Å². The molecule has 7 nitrogen and oxygen atoms in total. The number of amides is 1. The van der Waals surface area contributed by atoms with Crippen LogP contribution in [0.5, 0.6) is 0 Å². The van der Waals surface area contributed by atoms with Crippen molar-refractivity contribution in [2.45, 2.75) is 33.7 Å². The lowest BCUT2D eigenvalue weighted by molar-refractivity contribution is -0.131. The molecule has 1 N–H and O–H groups in total. The molecule has 2 rings (SSSR count). The second kappa shape index (κ2) is 12.5. The molecule has 1 aromatic carbocycles.